The van der Waals surface area contributed by atoms with Gasteiger partial charge >= 0.3 is 6.18 Å². The van der Waals surface area contributed by atoms with E-state index >= 15 is 0 Å². The molecule has 12 heavy (non-hydrogen) atoms. The second-order valence-electron chi connectivity index (χ2n) is 2.27. The average Bonchev–Trinajstić information content (AvgIpc) is 2.37. The smallest absolute Gasteiger partial charge is 0.334 e. The van der Waals surface area contributed by atoms with E-state index in [9.17, 15) is 17.6 Å². The molecule has 1 rings (SSSR count). The van der Waals surface area contributed by atoms with Gasteiger partial charge in [0.2, 0.25) is 6.17 Å². The first-order valence-electron chi connectivity index (χ1n) is 3.16. The van der Waals surface area contributed by atoms with E-state index in [1.54, 1.807) is 0 Å². The van der Waals surface area contributed by atoms with E-state index in [1.807, 2.05) is 0 Å². The molecule has 0 fully saturated rings. The Hall–Kier alpha value is -1.07. The molecular formula is C6H6F4N2. The van der Waals surface area contributed by atoms with Crippen LogP contribution < -0.4 is 0 Å². The van der Waals surface area contributed by atoms with Crippen molar-refractivity contribution in [2.75, 3.05) is 0 Å². The lowest BCUT2D eigenvalue weighted by molar-refractivity contribution is -0.183. The number of halogens is 4. The fourth-order valence-electron chi connectivity index (χ4n) is 0.683. The number of imidazole rings is 1. The minimum Gasteiger partial charge on any atom is -0.334 e. The highest BCUT2D eigenvalue weighted by Gasteiger charge is 2.40. The summed E-state index contributed by atoms with van der Waals surface area (Å²) in [6, 6.07) is 0. The zero-order chi connectivity index (χ0) is 9.19. The van der Waals surface area contributed by atoms with Gasteiger partial charge in [0.25, 0.3) is 0 Å². The molecule has 0 aliphatic heterocycles. The molecule has 0 radical (unpaired) electrons. The SMILES string of the molecule is FC(Cn1ccnc1)C(F)(F)F. The summed E-state index contributed by atoms with van der Waals surface area (Å²) >= 11 is 0. The van der Waals surface area contributed by atoms with E-state index in [0.29, 0.717) is 0 Å². The normalized spacial score (nSPS) is 14.7. The van der Waals surface area contributed by atoms with Gasteiger partial charge in [-0.25, -0.2) is 9.37 Å². The number of rotatable bonds is 2. The number of alkyl halides is 4. The molecule has 0 spiro atoms. The van der Waals surface area contributed by atoms with E-state index in [-0.39, 0.29) is 0 Å². The molecule has 1 heterocycles. The Balaban J connectivity index is 2.53. The van der Waals surface area contributed by atoms with Gasteiger partial charge in [0.05, 0.1) is 12.9 Å². The Morgan fingerprint density at radius 2 is 2.08 bits per heavy atom. The predicted octanol–water partition coefficient (Wildman–Crippen LogP) is 1.78. The van der Waals surface area contributed by atoms with Crippen LogP contribution in [-0.2, 0) is 6.54 Å². The highest BCUT2D eigenvalue weighted by molar-refractivity contribution is 4.77. The molecule has 1 aromatic rings. The topological polar surface area (TPSA) is 17.8 Å². The zero-order valence-corrected chi connectivity index (χ0v) is 5.92. The molecule has 0 aliphatic rings. The molecule has 0 saturated heterocycles. The Labute approximate surface area is 65.8 Å². The monoisotopic (exact) mass is 182 g/mol. The van der Waals surface area contributed by atoms with Crippen LogP contribution in [0.5, 0.6) is 0 Å². The van der Waals surface area contributed by atoms with E-state index < -0.39 is 18.9 Å². The number of aromatic nitrogens is 2. The van der Waals surface area contributed by atoms with Crippen molar-refractivity contribution in [3.63, 3.8) is 0 Å². The van der Waals surface area contributed by atoms with Gasteiger partial charge in [0.15, 0.2) is 0 Å². The lowest BCUT2D eigenvalue weighted by atomic mass is 10.4. The third-order valence-corrected chi connectivity index (χ3v) is 1.29. The molecule has 0 bridgehead atoms. The predicted molar refractivity (Wildman–Crippen MR) is 33.2 cm³/mol. The van der Waals surface area contributed by atoms with Gasteiger partial charge in [-0.05, 0) is 0 Å². The minimum atomic E-state index is -4.79. The third-order valence-electron chi connectivity index (χ3n) is 1.29. The fourth-order valence-corrected chi connectivity index (χ4v) is 0.683. The van der Waals surface area contributed by atoms with Crippen LogP contribution in [0.1, 0.15) is 0 Å². The van der Waals surface area contributed by atoms with E-state index in [0.717, 1.165) is 10.9 Å². The van der Waals surface area contributed by atoms with Crippen LogP contribution >= 0.6 is 0 Å². The molecule has 1 aromatic heterocycles. The van der Waals surface area contributed by atoms with Crippen LogP contribution in [0.3, 0.4) is 0 Å². The molecule has 0 saturated carbocycles. The van der Waals surface area contributed by atoms with Gasteiger partial charge in [0, 0.05) is 12.4 Å². The molecule has 2 nitrogen and oxygen atoms in total. The third kappa shape index (κ3) is 2.21. The van der Waals surface area contributed by atoms with Crippen molar-refractivity contribution in [1.29, 1.82) is 0 Å². The minimum absolute atomic E-state index is 0.733. The van der Waals surface area contributed by atoms with Crippen LogP contribution in [0.2, 0.25) is 0 Å². The van der Waals surface area contributed by atoms with Crippen LogP contribution in [-0.4, -0.2) is 21.9 Å². The Bertz CT molecular complexity index is 228. The molecule has 0 aliphatic carbocycles. The van der Waals surface area contributed by atoms with Gasteiger partial charge in [0.1, 0.15) is 0 Å². The fraction of sp³-hybridized carbons (Fsp3) is 0.500. The largest absolute Gasteiger partial charge is 0.421 e. The molecule has 6 heteroatoms. The summed E-state index contributed by atoms with van der Waals surface area (Å²) in [5.74, 6) is 0. The highest BCUT2D eigenvalue weighted by atomic mass is 19.4. The van der Waals surface area contributed by atoms with Crippen molar-refractivity contribution in [1.82, 2.24) is 9.55 Å². The maximum absolute atomic E-state index is 12.3. The van der Waals surface area contributed by atoms with Gasteiger partial charge < -0.3 is 4.57 Å². The number of nitrogens with zero attached hydrogens (tertiary/aromatic N) is 2. The molecule has 0 N–H and O–H groups in total. The van der Waals surface area contributed by atoms with E-state index in [4.69, 9.17) is 0 Å². The van der Waals surface area contributed by atoms with E-state index in [1.165, 1.54) is 12.4 Å². The van der Waals surface area contributed by atoms with Gasteiger partial charge in [-0.1, -0.05) is 0 Å². The summed E-state index contributed by atoms with van der Waals surface area (Å²) in [7, 11) is 0. The van der Waals surface area contributed by atoms with Crippen LogP contribution in [0, 0.1) is 0 Å². The first kappa shape index (κ1) is 9.02. The van der Waals surface area contributed by atoms with Gasteiger partial charge in [-0.15, -0.1) is 0 Å². The zero-order valence-electron chi connectivity index (χ0n) is 5.92. The second-order valence-corrected chi connectivity index (χ2v) is 2.27. The molecule has 0 aromatic carbocycles. The summed E-state index contributed by atoms with van der Waals surface area (Å²) in [6.07, 6.45) is -3.91. The van der Waals surface area contributed by atoms with Crippen molar-refractivity contribution < 1.29 is 17.6 Å². The van der Waals surface area contributed by atoms with E-state index in [2.05, 4.69) is 4.98 Å². The van der Waals surface area contributed by atoms with Crippen molar-refractivity contribution in [2.24, 2.45) is 0 Å². The highest BCUT2D eigenvalue weighted by Crippen LogP contribution is 2.23. The summed E-state index contributed by atoms with van der Waals surface area (Å²) in [4.78, 5) is 3.49. The molecular weight excluding hydrogens is 176 g/mol. The standard InChI is InChI=1S/C6H6F4N2/c7-5(6(8,9)10)3-12-2-1-11-4-12/h1-2,4-5H,3H2. The number of hydrogen-bond acceptors (Lipinski definition) is 1. The van der Waals surface area contributed by atoms with Crippen LogP contribution in [0.25, 0.3) is 0 Å². The summed E-state index contributed by atoms with van der Waals surface area (Å²) < 4.78 is 48.2. The molecule has 1 unspecified atom stereocenters. The molecule has 68 valence electrons. The summed E-state index contributed by atoms with van der Waals surface area (Å²) in [6.45, 7) is -0.733. The van der Waals surface area contributed by atoms with Gasteiger partial charge in [-0.2, -0.15) is 13.2 Å². The van der Waals surface area contributed by atoms with Gasteiger partial charge in [-0.3, -0.25) is 0 Å². The van der Waals surface area contributed by atoms with Crippen LogP contribution in [0.4, 0.5) is 17.6 Å². The maximum atomic E-state index is 12.3. The average molecular weight is 182 g/mol. The summed E-state index contributed by atoms with van der Waals surface area (Å²) in [5, 5.41) is 0. The Kier molecular flexibility index (Phi) is 2.35. The Morgan fingerprint density at radius 3 is 2.50 bits per heavy atom. The molecule has 1 atom stereocenters. The lowest BCUT2D eigenvalue weighted by Crippen LogP contribution is -2.28. The second kappa shape index (κ2) is 3.12. The number of hydrogen-bond donors (Lipinski definition) is 0. The van der Waals surface area contributed by atoms with Crippen molar-refractivity contribution in [3.8, 4) is 0 Å². The first-order chi connectivity index (χ1) is 5.50. The summed E-state index contributed by atoms with van der Waals surface area (Å²) in [5.41, 5.74) is 0. The van der Waals surface area contributed by atoms with Crippen molar-refractivity contribution in [3.05, 3.63) is 18.7 Å². The Morgan fingerprint density at radius 1 is 1.42 bits per heavy atom. The molecule has 0 amide bonds. The lowest BCUT2D eigenvalue weighted by Gasteiger charge is -2.11. The first-order valence-corrected chi connectivity index (χ1v) is 3.16. The maximum Gasteiger partial charge on any atom is 0.421 e. The van der Waals surface area contributed by atoms with Crippen molar-refractivity contribution in [2.45, 2.75) is 18.9 Å². The van der Waals surface area contributed by atoms with Crippen LogP contribution in [0.15, 0.2) is 18.7 Å². The van der Waals surface area contributed by atoms with Crippen molar-refractivity contribution >= 4 is 0 Å². The quantitative estimate of drug-likeness (QED) is 0.637.